The lowest BCUT2D eigenvalue weighted by molar-refractivity contribution is 0.597. The molecule has 0 amide bonds. The molecular weight excluding hydrogens is 347 g/mol. The SMILES string of the molecule is Fc1ccc(-c2oc(-c3ccc4ccccc4c3)cc2-c2ccccc2)cc1. The first-order chi connectivity index (χ1) is 13.8. The second-order valence-corrected chi connectivity index (χ2v) is 6.79. The maximum absolute atomic E-state index is 13.4. The molecular formula is C26H17FO. The number of rotatable bonds is 3. The molecule has 0 saturated heterocycles. The Morgan fingerprint density at radius 2 is 1.21 bits per heavy atom. The Kier molecular flexibility index (Phi) is 4.02. The maximum atomic E-state index is 13.4. The summed E-state index contributed by atoms with van der Waals surface area (Å²) >= 11 is 0. The van der Waals surface area contributed by atoms with Crippen molar-refractivity contribution in [2.24, 2.45) is 0 Å². The summed E-state index contributed by atoms with van der Waals surface area (Å²) in [5.74, 6) is 1.28. The largest absolute Gasteiger partial charge is 0.455 e. The van der Waals surface area contributed by atoms with Crippen LogP contribution >= 0.6 is 0 Å². The minimum atomic E-state index is -0.258. The fraction of sp³-hybridized carbons (Fsp3) is 0. The molecule has 5 aromatic rings. The number of fused-ring (bicyclic) bond motifs is 1. The summed E-state index contributed by atoms with van der Waals surface area (Å²) in [4.78, 5) is 0. The Hall–Kier alpha value is -3.65. The zero-order chi connectivity index (χ0) is 18.9. The fourth-order valence-corrected chi connectivity index (χ4v) is 3.52. The number of hydrogen-bond acceptors (Lipinski definition) is 1. The van der Waals surface area contributed by atoms with Crippen molar-refractivity contribution in [2.75, 3.05) is 0 Å². The highest BCUT2D eigenvalue weighted by atomic mass is 19.1. The minimum absolute atomic E-state index is 0.258. The van der Waals surface area contributed by atoms with E-state index in [-0.39, 0.29) is 5.82 Å². The first-order valence-electron chi connectivity index (χ1n) is 9.22. The molecule has 0 unspecified atom stereocenters. The summed E-state index contributed by atoms with van der Waals surface area (Å²) in [5, 5.41) is 2.36. The normalized spacial score (nSPS) is 11.0. The maximum Gasteiger partial charge on any atom is 0.142 e. The van der Waals surface area contributed by atoms with Crippen LogP contribution in [0.5, 0.6) is 0 Å². The van der Waals surface area contributed by atoms with Gasteiger partial charge in [-0.1, -0.05) is 66.7 Å². The van der Waals surface area contributed by atoms with Crippen LogP contribution in [0.1, 0.15) is 0 Å². The highest BCUT2D eigenvalue weighted by molar-refractivity contribution is 5.89. The monoisotopic (exact) mass is 364 g/mol. The van der Waals surface area contributed by atoms with Crippen LogP contribution in [0.15, 0.2) is 108 Å². The predicted octanol–water partition coefficient (Wildman–Crippen LogP) is 7.57. The van der Waals surface area contributed by atoms with Gasteiger partial charge < -0.3 is 4.42 Å². The molecule has 0 bridgehead atoms. The van der Waals surface area contributed by atoms with Gasteiger partial charge in [-0.15, -0.1) is 0 Å². The standard InChI is InChI=1S/C26H17FO/c27-23-14-12-20(13-15-23)26-24(19-7-2-1-3-8-19)17-25(28-26)22-11-10-18-6-4-5-9-21(18)16-22/h1-17H. The second-order valence-electron chi connectivity index (χ2n) is 6.79. The second kappa shape index (κ2) is 6.82. The molecule has 2 heteroatoms. The minimum Gasteiger partial charge on any atom is -0.455 e. The highest BCUT2D eigenvalue weighted by Gasteiger charge is 2.16. The molecule has 0 radical (unpaired) electrons. The smallest absolute Gasteiger partial charge is 0.142 e. The summed E-state index contributed by atoms with van der Waals surface area (Å²) in [6.45, 7) is 0. The summed E-state index contributed by atoms with van der Waals surface area (Å²) in [6, 6.07) is 33.2. The Bertz CT molecular complexity index is 1250. The van der Waals surface area contributed by atoms with Crippen LogP contribution in [0.2, 0.25) is 0 Å². The first-order valence-corrected chi connectivity index (χ1v) is 9.22. The van der Waals surface area contributed by atoms with Gasteiger partial charge in [0.2, 0.25) is 0 Å². The third kappa shape index (κ3) is 2.99. The molecule has 1 nitrogen and oxygen atoms in total. The first kappa shape index (κ1) is 16.5. The highest BCUT2D eigenvalue weighted by Crippen LogP contribution is 2.39. The molecule has 0 saturated carbocycles. The summed E-state index contributed by atoms with van der Waals surface area (Å²) < 4.78 is 19.7. The molecule has 0 spiro atoms. The van der Waals surface area contributed by atoms with Gasteiger partial charge in [-0.2, -0.15) is 0 Å². The summed E-state index contributed by atoms with van der Waals surface area (Å²) in [7, 11) is 0. The number of halogens is 1. The van der Waals surface area contributed by atoms with Crippen LogP contribution in [0, 0.1) is 5.82 Å². The van der Waals surface area contributed by atoms with Crippen molar-refractivity contribution >= 4 is 10.8 Å². The zero-order valence-corrected chi connectivity index (χ0v) is 15.1. The van der Waals surface area contributed by atoms with E-state index in [1.165, 1.54) is 22.9 Å². The summed E-state index contributed by atoms with van der Waals surface area (Å²) in [6.07, 6.45) is 0. The van der Waals surface area contributed by atoms with Crippen LogP contribution in [-0.4, -0.2) is 0 Å². The van der Waals surface area contributed by atoms with Gasteiger partial charge in [-0.25, -0.2) is 4.39 Å². The van der Waals surface area contributed by atoms with Gasteiger partial charge in [-0.3, -0.25) is 0 Å². The van der Waals surface area contributed by atoms with E-state index in [1.54, 1.807) is 12.1 Å². The van der Waals surface area contributed by atoms with Crippen molar-refractivity contribution < 1.29 is 8.81 Å². The van der Waals surface area contributed by atoms with Gasteiger partial charge in [0.1, 0.15) is 17.3 Å². The molecule has 0 aliphatic rings. The van der Waals surface area contributed by atoms with Crippen molar-refractivity contribution in [1.82, 2.24) is 0 Å². The zero-order valence-electron chi connectivity index (χ0n) is 15.1. The number of benzene rings is 4. The molecule has 0 atom stereocenters. The van der Waals surface area contributed by atoms with Crippen molar-refractivity contribution in [2.45, 2.75) is 0 Å². The molecule has 0 aliphatic heterocycles. The number of furan rings is 1. The molecule has 0 fully saturated rings. The van der Waals surface area contributed by atoms with E-state index < -0.39 is 0 Å². The Balaban J connectivity index is 1.69. The summed E-state index contributed by atoms with van der Waals surface area (Å²) in [5.41, 5.74) is 3.93. The topological polar surface area (TPSA) is 13.1 Å². The molecule has 4 aromatic carbocycles. The van der Waals surface area contributed by atoms with Crippen molar-refractivity contribution in [1.29, 1.82) is 0 Å². The molecule has 28 heavy (non-hydrogen) atoms. The van der Waals surface area contributed by atoms with E-state index in [4.69, 9.17) is 4.42 Å². The van der Waals surface area contributed by atoms with Crippen LogP contribution < -0.4 is 0 Å². The van der Waals surface area contributed by atoms with Gasteiger partial charge in [0.05, 0.1) is 0 Å². The van der Waals surface area contributed by atoms with Gasteiger partial charge >= 0.3 is 0 Å². The molecule has 1 aromatic heterocycles. The van der Waals surface area contributed by atoms with Crippen LogP contribution in [0.25, 0.3) is 44.5 Å². The van der Waals surface area contributed by atoms with Crippen molar-refractivity contribution in [3.63, 3.8) is 0 Å². The Morgan fingerprint density at radius 1 is 0.536 bits per heavy atom. The van der Waals surface area contributed by atoms with Crippen LogP contribution in [0.3, 0.4) is 0 Å². The van der Waals surface area contributed by atoms with Crippen LogP contribution in [0.4, 0.5) is 4.39 Å². The Morgan fingerprint density at radius 3 is 2.00 bits per heavy atom. The van der Waals surface area contributed by atoms with E-state index in [0.717, 1.165) is 33.8 Å². The average Bonchev–Trinajstić information content (AvgIpc) is 3.20. The lowest BCUT2D eigenvalue weighted by Gasteiger charge is -2.03. The van der Waals surface area contributed by atoms with Crippen molar-refractivity contribution in [3.05, 3.63) is 109 Å². The van der Waals surface area contributed by atoms with Gasteiger partial charge in [0.25, 0.3) is 0 Å². The lowest BCUT2D eigenvalue weighted by Crippen LogP contribution is -1.80. The third-order valence-corrected chi connectivity index (χ3v) is 4.96. The molecule has 0 N–H and O–H groups in total. The fourth-order valence-electron chi connectivity index (χ4n) is 3.52. The van der Waals surface area contributed by atoms with E-state index in [2.05, 4.69) is 48.5 Å². The average molecular weight is 364 g/mol. The van der Waals surface area contributed by atoms with E-state index >= 15 is 0 Å². The Labute approximate surface area is 162 Å². The quantitative estimate of drug-likeness (QED) is 0.322. The molecule has 1 heterocycles. The predicted molar refractivity (Wildman–Crippen MR) is 112 cm³/mol. The number of hydrogen-bond donors (Lipinski definition) is 0. The molecule has 5 rings (SSSR count). The van der Waals surface area contributed by atoms with Gasteiger partial charge in [-0.05, 0) is 52.7 Å². The van der Waals surface area contributed by atoms with Crippen molar-refractivity contribution in [3.8, 4) is 33.8 Å². The van der Waals surface area contributed by atoms with E-state index in [1.807, 2.05) is 30.3 Å². The lowest BCUT2D eigenvalue weighted by atomic mass is 10.0. The molecule has 134 valence electrons. The van der Waals surface area contributed by atoms with E-state index in [0.29, 0.717) is 0 Å². The van der Waals surface area contributed by atoms with Crippen LogP contribution in [-0.2, 0) is 0 Å². The van der Waals surface area contributed by atoms with Gasteiger partial charge in [0, 0.05) is 16.7 Å². The third-order valence-electron chi connectivity index (χ3n) is 4.96. The van der Waals surface area contributed by atoms with E-state index in [9.17, 15) is 4.39 Å². The molecule has 0 aliphatic carbocycles. The van der Waals surface area contributed by atoms with Gasteiger partial charge in [0.15, 0.2) is 0 Å².